The number of piperidine rings is 1. The second-order valence-corrected chi connectivity index (χ2v) is 9.84. The second-order valence-electron chi connectivity index (χ2n) is 5.75. The molecule has 1 N–H and O–H groups in total. The molecular weight excluding hydrogens is 314 g/mol. The van der Waals surface area contributed by atoms with Gasteiger partial charge < -0.3 is 4.90 Å². The molecule has 2 aliphatic heterocycles. The van der Waals surface area contributed by atoms with Crippen LogP contribution in [0.1, 0.15) is 25.7 Å². The van der Waals surface area contributed by atoms with Crippen LogP contribution < -0.4 is 4.72 Å². The monoisotopic (exact) mass is 339 g/mol. The maximum Gasteiger partial charge on any atom is 0.214 e. The van der Waals surface area contributed by atoms with Gasteiger partial charge in [-0.3, -0.25) is 0 Å². The van der Waals surface area contributed by atoms with Crippen molar-refractivity contribution in [3.05, 3.63) is 0 Å². The van der Waals surface area contributed by atoms with E-state index in [1.165, 1.54) is 7.05 Å². The molecule has 0 aromatic heterocycles. The molecule has 2 rings (SSSR count). The topological polar surface area (TPSA) is 86.8 Å². The first-order chi connectivity index (χ1) is 9.84. The predicted octanol–water partition coefficient (Wildman–Crippen LogP) is -0.574. The van der Waals surface area contributed by atoms with E-state index in [0.29, 0.717) is 19.5 Å². The molecule has 0 spiro atoms. The van der Waals surface area contributed by atoms with E-state index in [1.807, 2.05) is 0 Å². The van der Waals surface area contributed by atoms with Gasteiger partial charge in [0.05, 0.1) is 11.5 Å². The van der Waals surface area contributed by atoms with E-state index in [0.717, 1.165) is 32.4 Å². The first kappa shape index (κ1) is 17.1. The summed E-state index contributed by atoms with van der Waals surface area (Å²) in [6, 6.07) is 0.0622. The zero-order valence-corrected chi connectivity index (χ0v) is 14.1. The van der Waals surface area contributed by atoms with Crippen molar-refractivity contribution in [1.82, 2.24) is 13.9 Å². The Morgan fingerprint density at radius 3 is 2.62 bits per heavy atom. The maximum atomic E-state index is 12.0. The fourth-order valence-corrected chi connectivity index (χ4v) is 5.59. The average Bonchev–Trinajstić information content (AvgIpc) is 2.78. The smallest absolute Gasteiger partial charge is 0.214 e. The third-order valence-electron chi connectivity index (χ3n) is 4.22. The van der Waals surface area contributed by atoms with Gasteiger partial charge in [-0.15, -0.1) is 0 Å². The molecule has 21 heavy (non-hydrogen) atoms. The van der Waals surface area contributed by atoms with E-state index in [9.17, 15) is 16.8 Å². The van der Waals surface area contributed by atoms with Crippen LogP contribution in [0.3, 0.4) is 0 Å². The first-order valence-electron chi connectivity index (χ1n) is 7.47. The lowest BCUT2D eigenvalue weighted by Crippen LogP contribution is -2.48. The third-order valence-corrected chi connectivity index (χ3v) is 7.67. The minimum Gasteiger partial charge on any atom is -0.302 e. The van der Waals surface area contributed by atoms with E-state index in [4.69, 9.17) is 0 Å². The summed E-state index contributed by atoms with van der Waals surface area (Å²) in [6.45, 7) is 2.98. The number of nitrogens with one attached hydrogen (secondary N) is 1. The SMILES string of the molecule is CNS(=O)(=O)CCCN1CCCC(N2CCCS2(=O)=O)C1. The molecule has 7 nitrogen and oxygen atoms in total. The van der Waals surface area contributed by atoms with Gasteiger partial charge in [0.15, 0.2) is 0 Å². The fourth-order valence-electron chi connectivity index (χ4n) is 3.12. The molecule has 0 saturated carbocycles. The Morgan fingerprint density at radius 2 is 2.00 bits per heavy atom. The zero-order valence-electron chi connectivity index (χ0n) is 12.5. The van der Waals surface area contributed by atoms with Crippen molar-refractivity contribution >= 4 is 20.0 Å². The van der Waals surface area contributed by atoms with Crippen LogP contribution in [-0.4, -0.2) is 76.8 Å². The van der Waals surface area contributed by atoms with Gasteiger partial charge in [-0.2, -0.15) is 4.31 Å². The van der Waals surface area contributed by atoms with Crippen LogP contribution >= 0.6 is 0 Å². The van der Waals surface area contributed by atoms with Gasteiger partial charge in [0.1, 0.15) is 0 Å². The minimum atomic E-state index is -3.15. The Kier molecular flexibility index (Phi) is 5.64. The highest BCUT2D eigenvalue weighted by molar-refractivity contribution is 7.89. The summed E-state index contributed by atoms with van der Waals surface area (Å²) in [5.41, 5.74) is 0. The summed E-state index contributed by atoms with van der Waals surface area (Å²) in [7, 11) is -4.79. The van der Waals surface area contributed by atoms with E-state index < -0.39 is 20.0 Å². The van der Waals surface area contributed by atoms with Gasteiger partial charge in [-0.1, -0.05) is 0 Å². The third kappa shape index (κ3) is 4.62. The van der Waals surface area contributed by atoms with Crippen molar-refractivity contribution in [2.75, 3.05) is 44.7 Å². The molecule has 0 radical (unpaired) electrons. The molecule has 124 valence electrons. The highest BCUT2D eigenvalue weighted by atomic mass is 32.2. The van der Waals surface area contributed by atoms with Crippen molar-refractivity contribution in [3.8, 4) is 0 Å². The van der Waals surface area contributed by atoms with Crippen LogP contribution in [0.15, 0.2) is 0 Å². The normalized spacial score (nSPS) is 28.0. The average molecular weight is 339 g/mol. The molecule has 0 aliphatic carbocycles. The van der Waals surface area contributed by atoms with Gasteiger partial charge >= 0.3 is 0 Å². The quantitative estimate of drug-likeness (QED) is 0.700. The lowest BCUT2D eigenvalue weighted by atomic mass is 10.1. The molecule has 1 unspecified atom stereocenters. The molecule has 0 amide bonds. The molecule has 2 heterocycles. The Balaban J connectivity index is 1.84. The predicted molar refractivity (Wildman–Crippen MR) is 82.0 cm³/mol. The number of hydrogen-bond donors (Lipinski definition) is 1. The van der Waals surface area contributed by atoms with Crippen LogP contribution in [0.4, 0.5) is 0 Å². The van der Waals surface area contributed by atoms with Crippen molar-refractivity contribution in [1.29, 1.82) is 0 Å². The zero-order chi connectivity index (χ0) is 15.5. The van der Waals surface area contributed by atoms with Crippen molar-refractivity contribution in [3.63, 3.8) is 0 Å². The van der Waals surface area contributed by atoms with Gasteiger partial charge in [-0.05, 0) is 45.8 Å². The van der Waals surface area contributed by atoms with E-state index in [1.54, 1.807) is 4.31 Å². The summed E-state index contributed by atoms with van der Waals surface area (Å²) >= 11 is 0. The van der Waals surface area contributed by atoms with Crippen LogP contribution in [0.5, 0.6) is 0 Å². The maximum absolute atomic E-state index is 12.0. The Hall–Kier alpha value is -0.220. The van der Waals surface area contributed by atoms with E-state index in [-0.39, 0.29) is 17.5 Å². The number of hydrogen-bond acceptors (Lipinski definition) is 5. The first-order valence-corrected chi connectivity index (χ1v) is 10.7. The van der Waals surface area contributed by atoms with Crippen molar-refractivity contribution < 1.29 is 16.8 Å². The van der Waals surface area contributed by atoms with Crippen LogP contribution in [-0.2, 0) is 20.0 Å². The lowest BCUT2D eigenvalue weighted by Gasteiger charge is -2.36. The lowest BCUT2D eigenvalue weighted by molar-refractivity contribution is 0.153. The van der Waals surface area contributed by atoms with Crippen molar-refractivity contribution in [2.24, 2.45) is 0 Å². The van der Waals surface area contributed by atoms with Crippen LogP contribution in [0.25, 0.3) is 0 Å². The van der Waals surface area contributed by atoms with Gasteiger partial charge in [0.2, 0.25) is 20.0 Å². The highest BCUT2D eigenvalue weighted by Crippen LogP contribution is 2.23. The molecule has 0 bridgehead atoms. The van der Waals surface area contributed by atoms with E-state index in [2.05, 4.69) is 9.62 Å². The fraction of sp³-hybridized carbons (Fsp3) is 1.00. The highest BCUT2D eigenvalue weighted by Gasteiger charge is 2.36. The Bertz CT molecular complexity index is 547. The summed E-state index contributed by atoms with van der Waals surface area (Å²) in [5, 5.41) is 0. The van der Waals surface area contributed by atoms with Crippen molar-refractivity contribution in [2.45, 2.75) is 31.7 Å². The van der Waals surface area contributed by atoms with E-state index >= 15 is 0 Å². The molecule has 2 saturated heterocycles. The summed E-state index contributed by atoms with van der Waals surface area (Å²) in [6.07, 6.45) is 3.17. The molecule has 0 aromatic carbocycles. The van der Waals surface area contributed by atoms with Gasteiger partial charge in [0.25, 0.3) is 0 Å². The molecule has 9 heteroatoms. The number of likely N-dealkylation sites (tertiary alicyclic amines) is 1. The van der Waals surface area contributed by atoms with Gasteiger partial charge in [0, 0.05) is 19.1 Å². The number of rotatable bonds is 6. The number of sulfonamides is 2. The van der Waals surface area contributed by atoms with Gasteiger partial charge in [-0.25, -0.2) is 21.6 Å². The second kappa shape index (κ2) is 6.91. The largest absolute Gasteiger partial charge is 0.302 e. The Labute approximate surface area is 127 Å². The minimum absolute atomic E-state index is 0.0622. The molecule has 2 fully saturated rings. The summed E-state index contributed by atoms with van der Waals surface area (Å²) < 4.78 is 50.7. The summed E-state index contributed by atoms with van der Waals surface area (Å²) in [5.74, 6) is 0.386. The summed E-state index contributed by atoms with van der Waals surface area (Å²) in [4.78, 5) is 2.19. The number of nitrogens with zero attached hydrogens (tertiary/aromatic N) is 2. The molecular formula is C12H25N3O4S2. The molecule has 2 aliphatic rings. The molecule has 0 aromatic rings. The van der Waals surface area contributed by atoms with Crippen LogP contribution in [0.2, 0.25) is 0 Å². The Morgan fingerprint density at radius 1 is 1.24 bits per heavy atom. The standard InChI is InChI=1S/C12H25N3O4S2/c1-13-20(16,17)9-3-7-14-6-2-5-12(11-14)15-8-4-10-21(15,18)19/h12-13H,2-11H2,1H3. The van der Waals surface area contributed by atoms with Crippen LogP contribution in [0, 0.1) is 0 Å². The molecule has 1 atom stereocenters.